The Morgan fingerprint density at radius 1 is 1.18 bits per heavy atom. The van der Waals surface area contributed by atoms with E-state index < -0.39 is 0 Å². The Morgan fingerprint density at radius 2 is 2.00 bits per heavy atom. The van der Waals surface area contributed by atoms with Crippen LogP contribution >= 0.6 is 0 Å². The van der Waals surface area contributed by atoms with Gasteiger partial charge in [-0.2, -0.15) is 0 Å². The summed E-state index contributed by atoms with van der Waals surface area (Å²) in [5, 5.41) is 3.37. The molecule has 0 atom stereocenters. The van der Waals surface area contributed by atoms with E-state index in [-0.39, 0.29) is 0 Å². The fourth-order valence-corrected chi connectivity index (χ4v) is 2.12. The highest BCUT2D eigenvalue weighted by Gasteiger charge is 2.08. The van der Waals surface area contributed by atoms with Crippen molar-refractivity contribution in [2.75, 3.05) is 6.54 Å². The van der Waals surface area contributed by atoms with Gasteiger partial charge in [-0.3, -0.25) is 0 Å². The van der Waals surface area contributed by atoms with E-state index in [2.05, 4.69) is 35.9 Å². The Balaban J connectivity index is 2.14. The molecule has 92 valence electrons. The van der Waals surface area contributed by atoms with Gasteiger partial charge in [-0.15, -0.1) is 0 Å². The highest BCUT2D eigenvalue weighted by Crippen LogP contribution is 2.14. The van der Waals surface area contributed by atoms with Crippen LogP contribution in [0.1, 0.15) is 31.0 Å². The topological polar surface area (TPSA) is 30.1 Å². The summed E-state index contributed by atoms with van der Waals surface area (Å²) in [5.74, 6) is 1.02. The van der Waals surface area contributed by atoms with Crippen molar-refractivity contribution in [1.82, 2.24) is 9.88 Å². The zero-order chi connectivity index (χ0) is 12.1. The molecule has 2 rings (SSSR count). The van der Waals surface area contributed by atoms with Gasteiger partial charge in [0.25, 0.3) is 0 Å². The van der Waals surface area contributed by atoms with Crippen molar-refractivity contribution in [3.8, 4) is 0 Å². The minimum absolute atomic E-state index is 0.868. The average molecular weight is 232 g/mol. The Kier molecular flexibility index (Phi) is 4.04. The van der Waals surface area contributed by atoms with Gasteiger partial charge in [0.2, 0.25) is 0 Å². The third-order valence-electron chi connectivity index (χ3n) is 2.97. The van der Waals surface area contributed by atoms with E-state index in [0.717, 1.165) is 31.8 Å². The van der Waals surface area contributed by atoms with Gasteiger partial charge in [-0.1, -0.05) is 6.92 Å². The second-order valence-electron chi connectivity index (χ2n) is 4.10. The van der Waals surface area contributed by atoms with Gasteiger partial charge < -0.3 is 14.3 Å². The smallest absolute Gasteiger partial charge is 0.109 e. The van der Waals surface area contributed by atoms with Gasteiger partial charge >= 0.3 is 0 Å². The Labute approximate surface area is 102 Å². The predicted molar refractivity (Wildman–Crippen MR) is 69.0 cm³/mol. The summed E-state index contributed by atoms with van der Waals surface area (Å²) in [6.07, 6.45) is 2.60. The third kappa shape index (κ3) is 2.80. The van der Waals surface area contributed by atoms with E-state index in [1.807, 2.05) is 12.1 Å². The molecule has 0 radical (unpaired) electrons. The fourth-order valence-electron chi connectivity index (χ4n) is 2.12. The van der Waals surface area contributed by atoms with Gasteiger partial charge in [0.15, 0.2) is 0 Å². The van der Waals surface area contributed by atoms with E-state index in [1.165, 1.54) is 11.4 Å². The molecule has 0 aliphatic heterocycles. The molecular formula is C14H20N2O. The van der Waals surface area contributed by atoms with E-state index in [9.17, 15) is 0 Å². The lowest BCUT2D eigenvalue weighted by atomic mass is 10.2. The van der Waals surface area contributed by atoms with Crippen LogP contribution in [-0.2, 0) is 19.5 Å². The molecule has 0 aliphatic carbocycles. The highest BCUT2D eigenvalue weighted by molar-refractivity contribution is 5.20. The molecule has 0 amide bonds. The first-order chi connectivity index (χ1) is 8.35. The summed E-state index contributed by atoms with van der Waals surface area (Å²) in [5.41, 5.74) is 2.66. The van der Waals surface area contributed by atoms with Crippen LogP contribution in [0.4, 0.5) is 0 Å². The van der Waals surface area contributed by atoms with Gasteiger partial charge in [-0.25, -0.2) is 0 Å². The first-order valence-electron chi connectivity index (χ1n) is 6.25. The van der Waals surface area contributed by atoms with Crippen LogP contribution < -0.4 is 5.32 Å². The molecule has 2 aromatic rings. The molecule has 0 bridgehead atoms. The molecule has 0 fully saturated rings. The molecule has 0 aliphatic rings. The van der Waals surface area contributed by atoms with Crippen molar-refractivity contribution >= 4 is 0 Å². The van der Waals surface area contributed by atoms with Crippen LogP contribution in [0.25, 0.3) is 0 Å². The molecule has 0 saturated carbocycles. The monoisotopic (exact) mass is 232 g/mol. The lowest BCUT2D eigenvalue weighted by Gasteiger charge is -2.10. The highest BCUT2D eigenvalue weighted by atomic mass is 16.3. The summed E-state index contributed by atoms with van der Waals surface area (Å²) in [6, 6.07) is 8.36. The largest absolute Gasteiger partial charge is 0.469 e. The first kappa shape index (κ1) is 12.0. The third-order valence-corrected chi connectivity index (χ3v) is 2.97. The number of rotatable bonds is 6. The zero-order valence-electron chi connectivity index (χ0n) is 10.6. The standard InChI is InChI=1S/C14H20N2O/c1-3-15-11-13-8-7-12(16(13)4-2)10-14-6-5-9-17-14/h5-9,15H,3-4,10-11H2,1-2H3. The van der Waals surface area contributed by atoms with Crippen molar-refractivity contribution in [1.29, 1.82) is 0 Å². The van der Waals surface area contributed by atoms with Gasteiger partial charge in [0.05, 0.1) is 6.26 Å². The maximum atomic E-state index is 5.40. The molecule has 0 saturated heterocycles. The maximum absolute atomic E-state index is 5.40. The molecule has 3 nitrogen and oxygen atoms in total. The second kappa shape index (κ2) is 5.73. The van der Waals surface area contributed by atoms with Gasteiger partial charge in [0.1, 0.15) is 5.76 Å². The van der Waals surface area contributed by atoms with Crippen molar-refractivity contribution in [2.45, 2.75) is 33.4 Å². The summed E-state index contributed by atoms with van der Waals surface area (Å²) in [4.78, 5) is 0. The number of aromatic nitrogens is 1. The molecular weight excluding hydrogens is 212 g/mol. The molecule has 3 heteroatoms. The van der Waals surface area contributed by atoms with Crippen LogP contribution in [0.3, 0.4) is 0 Å². The minimum atomic E-state index is 0.868. The molecule has 0 aromatic carbocycles. The van der Waals surface area contributed by atoms with Crippen molar-refractivity contribution < 1.29 is 4.42 Å². The van der Waals surface area contributed by atoms with Crippen molar-refractivity contribution in [3.05, 3.63) is 47.7 Å². The minimum Gasteiger partial charge on any atom is -0.469 e. The molecule has 0 unspecified atom stereocenters. The normalized spacial score (nSPS) is 10.9. The van der Waals surface area contributed by atoms with E-state index >= 15 is 0 Å². The Bertz CT molecular complexity index is 443. The van der Waals surface area contributed by atoms with Crippen LogP contribution in [0.5, 0.6) is 0 Å². The fraction of sp³-hybridized carbons (Fsp3) is 0.429. The first-order valence-corrected chi connectivity index (χ1v) is 6.25. The summed E-state index contributed by atoms with van der Waals surface area (Å²) < 4.78 is 7.75. The second-order valence-corrected chi connectivity index (χ2v) is 4.10. The number of nitrogens with zero attached hydrogens (tertiary/aromatic N) is 1. The van der Waals surface area contributed by atoms with E-state index in [0.29, 0.717) is 0 Å². The zero-order valence-corrected chi connectivity index (χ0v) is 10.6. The van der Waals surface area contributed by atoms with Crippen molar-refractivity contribution in [2.24, 2.45) is 0 Å². The SMILES string of the molecule is CCNCc1ccc(Cc2ccco2)n1CC. The predicted octanol–water partition coefficient (Wildman–Crippen LogP) is 2.80. The summed E-state index contributed by atoms with van der Waals surface area (Å²) >= 11 is 0. The van der Waals surface area contributed by atoms with Gasteiger partial charge in [0, 0.05) is 30.9 Å². The van der Waals surface area contributed by atoms with Gasteiger partial charge in [-0.05, 0) is 37.7 Å². The lowest BCUT2D eigenvalue weighted by molar-refractivity contribution is 0.513. The number of nitrogens with one attached hydrogen (secondary N) is 1. The molecule has 1 N–H and O–H groups in total. The molecule has 2 aromatic heterocycles. The Morgan fingerprint density at radius 3 is 2.65 bits per heavy atom. The molecule has 2 heterocycles. The quantitative estimate of drug-likeness (QED) is 0.830. The number of hydrogen-bond acceptors (Lipinski definition) is 2. The number of furan rings is 1. The molecule has 0 spiro atoms. The molecule has 17 heavy (non-hydrogen) atoms. The summed E-state index contributed by atoms with van der Waals surface area (Å²) in [6.45, 7) is 7.25. The van der Waals surface area contributed by atoms with E-state index in [1.54, 1.807) is 6.26 Å². The average Bonchev–Trinajstić information content (AvgIpc) is 2.96. The van der Waals surface area contributed by atoms with Crippen LogP contribution in [0, 0.1) is 0 Å². The van der Waals surface area contributed by atoms with E-state index in [4.69, 9.17) is 4.42 Å². The van der Waals surface area contributed by atoms with Crippen LogP contribution in [0.2, 0.25) is 0 Å². The maximum Gasteiger partial charge on any atom is 0.109 e. The Hall–Kier alpha value is -1.48. The number of hydrogen-bond donors (Lipinski definition) is 1. The van der Waals surface area contributed by atoms with Crippen molar-refractivity contribution in [3.63, 3.8) is 0 Å². The summed E-state index contributed by atoms with van der Waals surface area (Å²) in [7, 11) is 0. The lowest BCUT2D eigenvalue weighted by Crippen LogP contribution is -2.16. The van der Waals surface area contributed by atoms with Crippen LogP contribution in [0.15, 0.2) is 34.9 Å². The van der Waals surface area contributed by atoms with Crippen LogP contribution in [-0.4, -0.2) is 11.1 Å².